The zero-order chi connectivity index (χ0) is 18.9. The summed E-state index contributed by atoms with van der Waals surface area (Å²) in [5, 5.41) is 2.95. The van der Waals surface area contributed by atoms with Crippen molar-refractivity contribution in [2.75, 3.05) is 23.9 Å². The van der Waals surface area contributed by atoms with E-state index in [9.17, 15) is 9.59 Å². The van der Waals surface area contributed by atoms with E-state index in [2.05, 4.69) is 5.32 Å². The third kappa shape index (κ3) is 5.81. The Morgan fingerprint density at radius 1 is 1.15 bits per heavy atom. The first-order valence-corrected chi connectivity index (χ1v) is 10.7. The van der Waals surface area contributed by atoms with Crippen LogP contribution in [-0.4, -0.2) is 30.3 Å². The van der Waals surface area contributed by atoms with Crippen LogP contribution in [0.5, 0.6) is 5.75 Å². The number of hydrogen-bond donors (Lipinski definition) is 1. The molecule has 0 radical (unpaired) electrons. The van der Waals surface area contributed by atoms with Gasteiger partial charge in [0.2, 0.25) is 5.91 Å². The fraction of sp³-hybridized carbons (Fsp3) is 0.300. The second kappa shape index (κ2) is 10.3. The van der Waals surface area contributed by atoms with E-state index >= 15 is 0 Å². The Kier molecular flexibility index (Phi) is 8.06. The van der Waals surface area contributed by atoms with Crippen molar-refractivity contribution in [1.29, 1.82) is 0 Å². The monoisotopic (exact) mass is 389 g/mol. The number of anilines is 1. The summed E-state index contributed by atoms with van der Waals surface area (Å²) in [5.41, 5.74) is 2.42. The lowest BCUT2D eigenvalue weighted by Gasteiger charge is -2.12. The minimum atomic E-state index is -0.0443. The van der Waals surface area contributed by atoms with Gasteiger partial charge in [0, 0.05) is 21.8 Å². The van der Waals surface area contributed by atoms with E-state index in [0.717, 1.165) is 21.9 Å². The van der Waals surface area contributed by atoms with Gasteiger partial charge in [0.1, 0.15) is 5.75 Å². The van der Waals surface area contributed by atoms with Crippen LogP contribution in [0.25, 0.3) is 0 Å². The molecule has 0 heterocycles. The van der Waals surface area contributed by atoms with E-state index in [1.807, 2.05) is 49.6 Å². The standard InChI is InChI=1S/C20H23NO3S2/c1-4-24-18-10-9-15(14(2)22)11-16(18)12-26-13-20(23)21-17-7-5-6-8-19(17)25-3/h5-11H,4,12-13H2,1-3H3,(H,21,23). The average molecular weight is 390 g/mol. The molecule has 0 unspecified atom stereocenters. The van der Waals surface area contributed by atoms with E-state index in [-0.39, 0.29) is 11.7 Å². The van der Waals surface area contributed by atoms with E-state index in [1.54, 1.807) is 24.8 Å². The Bertz CT molecular complexity index is 777. The van der Waals surface area contributed by atoms with Crippen LogP contribution in [0, 0.1) is 0 Å². The summed E-state index contributed by atoms with van der Waals surface area (Å²) in [6, 6.07) is 13.2. The van der Waals surface area contributed by atoms with Gasteiger partial charge in [-0.15, -0.1) is 23.5 Å². The molecule has 0 spiro atoms. The molecule has 0 saturated carbocycles. The minimum Gasteiger partial charge on any atom is -0.494 e. The normalized spacial score (nSPS) is 10.4. The molecule has 0 bridgehead atoms. The number of amides is 1. The van der Waals surface area contributed by atoms with Crippen LogP contribution >= 0.6 is 23.5 Å². The Balaban J connectivity index is 1.97. The highest BCUT2D eigenvalue weighted by molar-refractivity contribution is 7.99. The largest absolute Gasteiger partial charge is 0.494 e. The summed E-state index contributed by atoms with van der Waals surface area (Å²) in [4.78, 5) is 24.9. The van der Waals surface area contributed by atoms with Gasteiger partial charge >= 0.3 is 0 Å². The van der Waals surface area contributed by atoms with Gasteiger partial charge in [0.15, 0.2) is 5.78 Å². The zero-order valence-electron chi connectivity index (χ0n) is 15.2. The molecular weight excluding hydrogens is 366 g/mol. The van der Waals surface area contributed by atoms with Crippen molar-refractivity contribution < 1.29 is 14.3 Å². The number of rotatable bonds is 9. The molecule has 0 atom stereocenters. The fourth-order valence-electron chi connectivity index (χ4n) is 2.40. The first kappa shape index (κ1) is 20.4. The van der Waals surface area contributed by atoms with Gasteiger partial charge in [-0.1, -0.05) is 12.1 Å². The van der Waals surface area contributed by atoms with Crippen LogP contribution in [0.3, 0.4) is 0 Å². The highest BCUT2D eigenvalue weighted by Gasteiger charge is 2.10. The molecule has 2 aromatic rings. The van der Waals surface area contributed by atoms with Crippen molar-refractivity contribution in [2.24, 2.45) is 0 Å². The van der Waals surface area contributed by atoms with Gasteiger partial charge in [-0.2, -0.15) is 0 Å². The Morgan fingerprint density at radius 3 is 2.62 bits per heavy atom. The highest BCUT2D eigenvalue weighted by atomic mass is 32.2. The van der Waals surface area contributed by atoms with Crippen LogP contribution in [0.15, 0.2) is 47.4 Å². The van der Waals surface area contributed by atoms with Crippen molar-refractivity contribution in [3.63, 3.8) is 0 Å². The molecule has 138 valence electrons. The Hall–Kier alpha value is -1.92. The number of para-hydroxylation sites is 1. The third-order valence-electron chi connectivity index (χ3n) is 3.64. The van der Waals surface area contributed by atoms with Gasteiger partial charge < -0.3 is 10.1 Å². The second-order valence-corrected chi connectivity index (χ2v) is 7.39. The second-order valence-electron chi connectivity index (χ2n) is 5.55. The molecule has 6 heteroatoms. The maximum absolute atomic E-state index is 12.2. The molecule has 0 aliphatic rings. The van der Waals surface area contributed by atoms with Crippen LogP contribution in [0.4, 0.5) is 5.69 Å². The van der Waals surface area contributed by atoms with Crippen LogP contribution < -0.4 is 10.1 Å². The number of thioether (sulfide) groups is 2. The summed E-state index contributed by atoms with van der Waals surface area (Å²) in [7, 11) is 0. The summed E-state index contributed by atoms with van der Waals surface area (Å²) in [6.07, 6.45) is 1.98. The summed E-state index contributed by atoms with van der Waals surface area (Å²) >= 11 is 3.10. The molecule has 0 aliphatic carbocycles. The molecule has 0 aliphatic heterocycles. The van der Waals surface area contributed by atoms with Crippen molar-refractivity contribution in [1.82, 2.24) is 0 Å². The lowest BCUT2D eigenvalue weighted by atomic mass is 10.1. The van der Waals surface area contributed by atoms with E-state index in [1.165, 1.54) is 11.8 Å². The quantitative estimate of drug-likeness (QED) is 0.489. The fourth-order valence-corrected chi connectivity index (χ4v) is 3.75. The van der Waals surface area contributed by atoms with Gasteiger partial charge in [-0.3, -0.25) is 9.59 Å². The van der Waals surface area contributed by atoms with Crippen molar-refractivity contribution in [2.45, 2.75) is 24.5 Å². The van der Waals surface area contributed by atoms with Gasteiger partial charge in [0.25, 0.3) is 0 Å². The number of carbonyl (C=O) groups excluding carboxylic acids is 2. The van der Waals surface area contributed by atoms with Crippen LogP contribution in [-0.2, 0) is 10.5 Å². The average Bonchev–Trinajstić information content (AvgIpc) is 2.63. The van der Waals surface area contributed by atoms with Gasteiger partial charge in [-0.25, -0.2) is 0 Å². The molecule has 0 aromatic heterocycles. The number of carbonyl (C=O) groups is 2. The van der Waals surface area contributed by atoms with Crippen molar-refractivity contribution >= 4 is 40.9 Å². The van der Waals surface area contributed by atoms with Crippen molar-refractivity contribution in [3.8, 4) is 5.75 Å². The SMILES string of the molecule is CCOc1ccc(C(C)=O)cc1CSCC(=O)Nc1ccccc1SC. The van der Waals surface area contributed by atoms with E-state index in [4.69, 9.17) is 4.74 Å². The van der Waals surface area contributed by atoms with Crippen LogP contribution in [0.2, 0.25) is 0 Å². The first-order chi connectivity index (χ1) is 12.5. The molecule has 0 fully saturated rings. The molecule has 2 aromatic carbocycles. The molecule has 1 N–H and O–H groups in total. The molecule has 0 saturated heterocycles. The highest BCUT2D eigenvalue weighted by Crippen LogP contribution is 2.27. The van der Waals surface area contributed by atoms with Gasteiger partial charge in [0.05, 0.1) is 18.0 Å². The predicted molar refractivity (Wildman–Crippen MR) is 111 cm³/mol. The maximum atomic E-state index is 12.2. The molecule has 1 amide bonds. The number of benzene rings is 2. The minimum absolute atomic E-state index is 0.0192. The van der Waals surface area contributed by atoms with E-state index < -0.39 is 0 Å². The summed E-state index contributed by atoms with van der Waals surface area (Å²) < 4.78 is 5.63. The number of ketones is 1. The number of nitrogens with one attached hydrogen (secondary N) is 1. The third-order valence-corrected chi connectivity index (χ3v) is 5.42. The number of ether oxygens (including phenoxy) is 1. The molecule has 4 nitrogen and oxygen atoms in total. The molecule has 26 heavy (non-hydrogen) atoms. The topological polar surface area (TPSA) is 55.4 Å². The number of Topliss-reactive ketones (excluding diaryl/α,β-unsaturated/α-hetero) is 1. The predicted octanol–water partition coefficient (Wildman–Crippen LogP) is 4.88. The zero-order valence-corrected chi connectivity index (χ0v) is 16.8. The molecule has 2 rings (SSSR count). The van der Waals surface area contributed by atoms with Crippen LogP contribution in [0.1, 0.15) is 29.8 Å². The smallest absolute Gasteiger partial charge is 0.234 e. The lowest BCUT2D eigenvalue weighted by molar-refractivity contribution is -0.113. The summed E-state index contributed by atoms with van der Waals surface area (Å²) in [5.74, 6) is 1.67. The maximum Gasteiger partial charge on any atom is 0.234 e. The Labute approximate surface area is 163 Å². The summed E-state index contributed by atoms with van der Waals surface area (Å²) in [6.45, 7) is 4.03. The number of hydrogen-bond acceptors (Lipinski definition) is 5. The van der Waals surface area contributed by atoms with Gasteiger partial charge in [-0.05, 0) is 50.4 Å². The lowest BCUT2D eigenvalue weighted by Crippen LogP contribution is -2.14. The van der Waals surface area contributed by atoms with Crippen molar-refractivity contribution in [3.05, 3.63) is 53.6 Å². The molecular formula is C20H23NO3S2. The Morgan fingerprint density at radius 2 is 1.92 bits per heavy atom. The van der Waals surface area contributed by atoms with E-state index in [0.29, 0.717) is 23.7 Å². The first-order valence-electron chi connectivity index (χ1n) is 8.32.